The Balaban J connectivity index is 2.28. The van der Waals surface area contributed by atoms with Crippen LogP contribution in [0.25, 0.3) is 17.0 Å². The lowest BCUT2D eigenvalue weighted by atomic mass is 10.2. The molecule has 0 bridgehead atoms. The molecule has 0 amide bonds. The highest BCUT2D eigenvalue weighted by Crippen LogP contribution is 2.30. The Bertz CT molecular complexity index is 1040. The van der Waals surface area contributed by atoms with E-state index in [-0.39, 0.29) is 16.4 Å². The van der Waals surface area contributed by atoms with Crippen LogP contribution in [0.15, 0.2) is 27.9 Å². The van der Waals surface area contributed by atoms with Gasteiger partial charge in [-0.05, 0) is 38.5 Å². The molecule has 0 fully saturated rings. The molecule has 0 spiro atoms. The molecule has 3 rings (SSSR count). The van der Waals surface area contributed by atoms with Crippen molar-refractivity contribution in [2.24, 2.45) is 0 Å². The van der Waals surface area contributed by atoms with E-state index in [0.717, 1.165) is 12.1 Å². The minimum absolute atomic E-state index is 0.199. The van der Waals surface area contributed by atoms with E-state index in [0.29, 0.717) is 35.8 Å². The fourth-order valence-electron chi connectivity index (χ4n) is 2.84. The van der Waals surface area contributed by atoms with Gasteiger partial charge in [0.1, 0.15) is 17.4 Å². The minimum Gasteiger partial charge on any atom is -0.493 e. The zero-order valence-electron chi connectivity index (χ0n) is 14.8. The number of H-pyrrole nitrogens is 1. The summed E-state index contributed by atoms with van der Waals surface area (Å²) < 4.78 is 27.9. The van der Waals surface area contributed by atoms with Crippen molar-refractivity contribution in [3.63, 3.8) is 0 Å². The second-order valence-corrected chi connectivity index (χ2v) is 6.72. The first-order valence-electron chi connectivity index (χ1n) is 8.32. The Morgan fingerprint density at radius 3 is 2.73 bits per heavy atom. The Kier molecular flexibility index (Phi) is 5.19. The Morgan fingerprint density at radius 2 is 2.08 bits per heavy atom. The molecule has 3 aromatic rings. The average Bonchev–Trinajstić information content (AvgIpc) is 2.92. The number of aryl methyl sites for hydroxylation is 2. The van der Waals surface area contributed by atoms with Crippen LogP contribution in [0, 0.1) is 6.92 Å². The van der Waals surface area contributed by atoms with Crippen molar-refractivity contribution in [1.29, 1.82) is 0 Å². The Morgan fingerprint density at radius 1 is 1.31 bits per heavy atom. The number of benzene rings is 1. The molecule has 0 aliphatic carbocycles. The number of rotatable bonds is 6. The number of hydrogen-bond acceptors (Lipinski definition) is 5. The van der Waals surface area contributed by atoms with Gasteiger partial charge in [0.05, 0.1) is 22.8 Å². The lowest BCUT2D eigenvalue weighted by Crippen LogP contribution is -2.19. The summed E-state index contributed by atoms with van der Waals surface area (Å²) >= 11 is -2.15. The molecule has 0 aliphatic heterocycles. The third-order valence-corrected chi connectivity index (χ3v) is 4.59. The van der Waals surface area contributed by atoms with Crippen molar-refractivity contribution in [3.8, 4) is 17.1 Å². The Hall–Kier alpha value is -2.52. The van der Waals surface area contributed by atoms with E-state index < -0.39 is 11.1 Å². The molecular weight excluding hydrogens is 356 g/mol. The van der Waals surface area contributed by atoms with Crippen LogP contribution in [0.1, 0.15) is 31.8 Å². The largest absolute Gasteiger partial charge is 0.493 e. The van der Waals surface area contributed by atoms with E-state index in [4.69, 9.17) is 4.74 Å². The van der Waals surface area contributed by atoms with Crippen molar-refractivity contribution in [3.05, 3.63) is 40.2 Å². The summed E-state index contributed by atoms with van der Waals surface area (Å²) in [6, 6.07) is 4.60. The smallest absolute Gasteiger partial charge is 0.334 e. The average molecular weight is 376 g/mol. The van der Waals surface area contributed by atoms with Gasteiger partial charge in [-0.25, -0.2) is 23.4 Å². The second kappa shape index (κ2) is 7.38. The highest BCUT2D eigenvalue weighted by molar-refractivity contribution is 7.79. The number of aromatic nitrogens is 4. The van der Waals surface area contributed by atoms with Crippen molar-refractivity contribution >= 4 is 16.7 Å². The molecule has 0 aliphatic rings. The first kappa shape index (κ1) is 18.3. The fourth-order valence-corrected chi connectivity index (χ4v) is 3.25. The third-order valence-electron chi connectivity index (χ3n) is 3.93. The monoisotopic (exact) mass is 376 g/mol. The maximum atomic E-state index is 12.6. The van der Waals surface area contributed by atoms with Gasteiger partial charge in [0.2, 0.25) is 0 Å². The number of hydrogen-bond donors (Lipinski definition) is 2. The van der Waals surface area contributed by atoms with Crippen LogP contribution in [0.5, 0.6) is 5.75 Å². The van der Waals surface area contributed by atoms with Crippen LogP contribution in [-0.4, -0.2) is 34.7 Å². The molecule has 138 valence electrons. The third kappa shape index (κ3) is 3.27. The first-order chi connectivity index (χ1) is 12.5. The molecule has 8 nitrogen and oxygen atoms in total. The van der Waals surface area contributed by atoms with Gasteiger partial charge in [-0.15, -0.1) is 0 Å². The van der Waals surface area contributed by atoms with E-state index in [1.807, 2.05) is 13.8 Å². The summed E-state index contributed by atoms with van der Waals surface area (Å²) in [5.41, 5.74) is 1.32. The van der Waals surface area contributed by atoms with E-state index in [2.05, 4.69) is 15.0 Å². The zero-order chi connectivity index (χ0) is 18.8. The summed E-state index contributed by atoms with van der Waals surface area (Å²) in [6.45, 7) is 6.03. The van der Waals surface area contributed by atoms with E-state index in [9.17, 15) is 13.6 Å². The number of imidazole rings is 1. The number of nitrogens with zero attached hydrogens (tertiary/aromatic N) is 3. The lowest BCUT2D eigenvalue weighted by molar-refractivity contribution is 0.341. The summed E-state index contributed by atoms with van der Waals surface area (Å²) in [6.07, 6.45) is 1.57. The van der Waals surface area contributed by atoms with Gasteiger partial charge in [0.25, 0.3) is 0 Å². The van der Waals surface area contributed by atoms with Crippen LogP contribution in [0.4, 0.5) is 0 Å². The van der Waals surface area contributed by atoms with Gasteiger partial charge in [0, 0.05) is 0 Å². The minimum atomic E-state index is -2.15. The fraction of sp³-hybridized carbons (Fsp3) is 0.353. The maximum absolute atomic E-state index is 12.6. The second-order valence-electron chi connectivity index (χ2n) is 5.75. The molecule has 9 heteroatoms. The van der Waals surface area contributed by atoms with Crippen LogP contribution < -0.4 is 10.4 Å². The van der Waals surface area contributed by atoms with Crippen LogP contribution in [0.2, 0.25) is 0 Å². The van der Waals surface area contributed by atoms with Gasteiger partial charge in [0.15, 0.2) is 16.7 Å². The van der Waals surface area contributed by atoms with Crippen LogP contribution in [-0.2, 0) is 17.5 Å². The molecule has 0 saturated carbocycles. The maximum Gasteiger partial charge on any atom is 0.334 e. The van der Waals surface area contributed by atoms with Crippen molar-refractivity contribution in [2.75, 3.05) is 6.61 Å². The predicted molar refractivity (Wildman–Crippen MR) is 98.0 cm³/mol. The van der Waals surface area contributed by atoms with E-state index in [1.165, 1.54) is 16.5 Å². The SMILES string of the molecule is CCCc1nc(C)n2c(=O)[nH]c(-c3cc(S(=O)O)ccc3OCC)nc12. The molecule has 0 saturated heterocycles. The summed E-state index contributed by atoms with van der Waals surface area (Å²) in [4.78, 5) is 24.5. The number of aromatic amines is 1. The number of nitrogens with one attached hydrogen (secondary N) is 1. The standard InChI is InChI=1S/C17H20N4O4S/c1-4-6-13-16-19-15(20-17(22)21(16)10(3)18-13)12-9-11(26(23)24)7-8-14(12)25-5-2/h7-9H,4-6H2,1-3H3,(H,23,24)(H,19,20,22). The molecule has 1 aromatic carbocycles. The van der Waals surface area contributed by atoms with Crippen molar-refractivity contribution < 1.29 is 13.5 Å². The quantitative estimate of drug-likeness (QED) is 0.639. The van der Waals surface area contributed by atoms with Crippen LogP contribution >= 0.6 is 0 Å². The predicted octanol–water partition coefficient (Wildman–Crippen LogP) is 2.32. The summed E-state index contributed by atoms with van der Waals surface area (Å²) in [5, 5.41) is 0. The number of ether oxygens (including phenoxy) is 1. The van der Waals surface area contributed by atoms with Crippen molar-refractivity contribution in [1.82, 2.24) is 19.4 Å². The zero-order valence-corrected chi connectivity index (χ0v) is 15.6. The normalized spacial score (nSPS) is 12.5. The molecule has 1 atom stereocenters. The highest BCUT2D eigenvalue weighted by Gasteiger charge is 2.17. The molecule has 26 heavy (non-hydrogen) atoms. The Labute approximate surface area is 152 Å². The molecule has 2 N–H and O–H groups in total. The summed E-state index contributed by atoms with van der Waals surface area (Å²) in [5.74, 6) is 1.32. The van der Waals surface area contributed by atoms with Gasteiger partial charge < -0.3 is 9.29 Å². The van der Waals surface area contributed by atoms with Crippen LogP contribution in [0.3, 0.4) is 0 Å². The molecule has 2 aromatic heterocycles. The summed E-state index contributed by atoms with van der Waals surface area (Å²) in [7, 11) is 0. The topological polar surface area (TPSA) is 110 Å². The lowest BCUT2D eigenvalue weighted by Gasteiger charge is -2.11. The van der Waals surface area contributed by atoms with Gasteiger partial charge in [-0.1, -0.05) is 13.3 Å². The van der Waals surface area contributed by atoms with Gasteiger partial charge in [-0.3, -0.25) is 4.98 Å². The van der Waals surface area contributed by atoms with Gasteiger partial charge >= 0.3 is 5.69 Å². The van der Waals surface area contributed by atoms with Crippen molar-refractivity contribution in [2.45, 2.75) is 38.5 Å². The number of fused-ring (bicyclic) bond motifs is 1. The molecule has 1 unspecified atom stereocenters. The first-order valence-corrected chi connectivity index (χ1v) is 9.43. The van der Waals surface area contributed by atoms with Gasteiger partial charge in [-0.2, -0.15) is 0 Å². The highest BCUT2D eigenvalue weighted by atomic mass is 32.2. The van der Waals surface area contributed by atoms with E-state index in [1.54, 1.807) is 13.0 Å². The molecular formula is C17H20N4O4S. The van der Waals surface area contributed by atoms with E-state index >= 15 is 0 Å². The molecule has 0 radical (unpaired) electrons. The molecule has 2 heterocycles.